The van der Waals surface area contributed by atoms with Gasteiger partial charge in [-0.1, -0.05) is 146 Å². The summed E-state index contributed by atoms with van der Waals surface area (Å²) in [6, 6.07) is 57.4. The molecule has 2 heterocycles. The Morgan fingerprint density at radius 1 is 0.455 bits per heavy atom. The molecule has 5 heteroatoms. The van der Waals surface area contributed by atoms with Crippen molar-refractivity contribution in [3.63, 3.8) is 0 Å². The van der Waals surface area contributed by atoms with E-state index >= 15 is 0 Å². The second-order valence-electron chi connectivity index (χ2n) is 13.0. The van der Waals surface area contributed by atoms with E-state index in [1.54, 1.807) is 6.08 Å². The Morgan fingerprint density at radius 2 is 0.945 bits per heavy atom. The third-order valence-electron chi connectivity index (χ3n) is 9.41. The van der Waals surface area contributed by atoms with Crippen LogP contribution in [0.1, 0.15) is 23.9 Å². The summed E-state index contributed by atoms with van der Waals surface area (Å²) < 4.78 is 0. The zero-order valence-corrected chi connectivity index (χ0v) is 30.3. The average Bonchev–Trinajstić information content (AvgIpc) is 3.27. The minimum Gasteiger partial charge on any atom is -0.244 e. The predicted molar refractivity (Wildman–Crippen MR) is 225 cm³/mol. The van der Waals surface area contributed by atoms with Gasteiger partial charge in [0, 0.05) is 27.8 Å². The summed E-state index contributed by atoms with van der Waals surface area (Å²) in [6.45, 7) is 6.00. The average molecular weight is 706 g/mol. The zero-order valence-electron chi connectivity index (χ0n) is 30.3. The fraction of sp³-hybridized carbons (Fsp3) is 0.0200. The normalized spacial score (nSPS) is 11.0. The van der Waals surface area contributed by atoms with Crippen molar-refractivity contribution in [3.05, 3.63) is 193 Å². The molecule has 0 unspecified atom stereocenters. The van der Waals surface area contributed by atoms with Gasteiger partial charge in [0.1, 0.15) is 0 Å². The molecule has 0 aliphatic carbocycles. The molecule has 0 bridgehead atoms. The molecule has 0 aliphatic rings. The van der Waals surface area contributed by atoms with E-state index in [-0.39, 0.29) is 0 Å². The standard InChI is InChI=1S/C50H35N5/c1-3-14-45-44(4-2)52-49(42-23-12-22-41(30-42)39-20-11-15-34(29-39)33-51)48(53-45)38-27-25-35(26-28-38)40-21-13-24-43(31-40)50-54-46(36-16-7-5-8-17-36)32-47(55-50)37-18-9-6-10-19-37/h3-32H,2H2,1H3/b14-3-. The van der Waals surface area contributed by atoms with Crippen LogP contribution in [0.3, 0.4) is 0 Å². The largest absolute Gasteiger partial charge is 0.244 e. The number of nitrogens with zero attached hydrogens (tertiary/aromatic N) is 5. The summed E-state index contributed by atoms with van der Waals surface area (Å²) in [5, 5.41) is 9.50. The molecule has 5 nitrogen and oxygen atoms in total. The lowest BCUT2D eigenvalue weighted by Crippen LogP contribution is -2.00. The Kier molecular flexibility index (Phi) is 9.79. The first kappa shape index (κ1) is 34.5. The zero-order chi connectivity index (χ0) is 37.6. The monoisotopic (exact) mass is 705 g/mol. The molecule has 8 aromatic rings. The van der Waals surface area contributed by atoms with Crippen LogP contribution in [0.15, 0.2) is 176 Å². The quantitative estimate of drug-likeness (QED) is 0.149. The van der Waals surface area contributed by atoms with Crippen molar-refractivity contribution in [1.82, 2.24) is 19.9 Å². The fourth-order valence-electron chi connectivity index (χ4n) is 6.66. The van der Waals surface area contributed by atoms with Gasteiger partial charge in [-0.3, -0.25) is 0 Å². The first-order valence-electron chi connectivity index (χ1n) is 18.1. The molecule has 0 amide bonds. The summed E-state index contributed by atoms with van der Waals surface area (Å²) in [5.41, 5.74) is 14.2. The predicted octanol–water partition coefficient (Wildman–Crippen LogP) is 12.5. The van der Waals surface area contributed by atoms with Crippen molar-refractivity contribution in [2.45, 2.75) is 6.92 Å². The van der Waals surface area contributed by atoms with E-state index in [0.717, 1.165) is 78.5 Å². The smallest absolute Gasteiger partial charge is 0.160 e. The van der Waals surface area contributed by atoms with E-state index in [4.69, 9.17) is 19.9 Å². The van der Waals surface area contributed by atoms with Gasteiger partial charge in [0.15, 0.2) is 5.82 Å². The van der Waals surface area contributed by atoms with E-state index in [1.807, 2.05) is 97.9 Å². The van der Waals surface area contributed by atoms with E-state index in [0.29, 0.717) is 17.1 Å². The topological polar surface area (TPSA) is 75.3 Å². The van der Waals surface area contributed by atoms with Crippen LogP contribution in [-0.2, 0) is 0 Å². The number of benzene rings is 6. The molecule has 0 aliphatic heterocycles. The maximum Gasteiger partial charge on any atom is 0.160 e. The number of aromatic nitrogens is 4. The SMILES string of the molecule is C=Cc1nc(-c2cccc(-c3cccc(C#N)c3)c2)c(-c2ccc(-c3cccc(-c4nc(-c5ccccc5)cc(-c5ccccc5)n4)c3)cc2)nc1/C=C\C. The second-order valence-corrected chi connectivity index (χ2v) is 13.0. The Balaban J connectivity index is 1.18. The lowest BCUT2D eigenvalue weighted by Gasteiger charge is -2.14. The van der Waals surface area contributed by atoms with Gasteiger partial charge in [-0.05, 0) is 71.7 Å². The first-order chi connectivity index (χ1) is 27.1. The van der Waals surface area contributed by atoms with Gasteiger partial charge in [0.05, 0.1) is 45.8 Å². The molecular weight excluding hydrogens is 671 g/mol. The molecule has 260 valence electrons. The van der Waals surface area contributed by atoms with Gasteiger partial charge < -0.3 is 0 Å². The highest BCUT2D eigenvalue weighted by Gasteiger charge is 2.17. The van der Waals surface area contributed by atoms with Crippen molar-refractivity contribution in [2.24, 2.45) is 0 Å². The Hall–Kier alpha value is -7.55. The van der Waals surface area contributed by atoms with Gasteiger partial charge in [0.25, 0.3) is 0 Å². The van der Waals surface area contributed by atoms with E-state index in [1.165, 1.54) is 0 Å². The fourth-order valence-corrected chi connectivity index (χ4v) is 6.66. The summed E-state index contributed by atoms with van der Waals surface area (Å²) in [5.74, 6) is 0.666. The van der Waals surface area contributed by atoms with Crippen molar-refractivity contribution in [2.75, 3.05) is 0 Å². The lowest BCUT2D eigenvalue weighted by atomic mass is 9.96. The van der Waals surface area contributed by atoms with Crippen molar-refractivity contribution in [1.29, 1.82) is 5.26 Å². The van der Waals surface area contributed by atoms with Gasteiger partial charge >= 0.3 is 0 Å². The molecule has 0 spiro atoms. The molecule has 0 atom stereocenters. The molecule has 0 fully saturated rings. The minimum atomic E-state index is 0.615. The molecule has 0 radical (unpaired) electrons. The van der Waals surface area contributed by atoms with Gasteiger partial charge in [-0.15, -0.1) is 0 Å². The van der Waals surface area contributed by atoms with Gasteiger partial charge in [-0.2, -0.15) is 5.26 Å². The summed E-state index contributed by atoms with van der Waals surface area (Å²) in [6.07, 6.45) is 5.66. The van der Waals surface area contributed by atoms with Gasteiger partial charge in [-0.25, -0.2) is 19.9 Å². The van der Waals surface area contributed by atoms with Crippen LogP contribution in [0, 0.1) is 11.3 Å². The van der Waals surface area contributed by atoms with E-state index in [2.05, 4.69) is 97.6 Å². The van der Waals surface area contributed by atoms with Crippen molar-refractivity contribution < 1.29 is 0 Å². The van der Waals surface area contributed by atoms with Crippen LogP contribution in [0.4, 0.5) is 0 Å². The summed E-state index contributed by atoms with van der Waals surface area (Å²) in [4.78, 5) is 20.4. The molecule has 0 saturated heterocycles. The van der Waals surface area contributed by atoms with Crippen LogP contribution in [0.2, 0.25) is 0 Å². The van der Waals surface area contributed by atoms with Crippen LogP contribution in [0.25, 0.3) is 90.8 Å². The number of hydrogen-bond acceptors (Lipinski definition) is 5. The van der Waals surface area contributed by atoms with E-state index in [9.17, 15) is 5.26 Å². The summed E-state index contributed by atoms with van der Waals surface area (Å²) in [7, 11) is 0. The minimum absolute atomic E-state index is 0.615. The molecule has 8 rings (SSSR count). The Bertz CT molecular complexity index is 2670. The van der Waals surface area contributed by atoms with Gasteiger partial charge in [0.2, 0.25) is 0 Å². The number of nitriles is 1. The number of hydrogen-bond donors (Lipinski definition) is 0. The highest BCUT2D eigenvalue weighted by atomic mass is 14.9. The van der Waals surface area contributed by atoms with Crippen LogP contribution in [-0.4, -0.2) is 19.9 Å². The van der Waals surface area contributed by atoms with E-state index < -0.39 is 0 Å². The van der Waals surface area contributed by atoms with Crippen LogP contribution >= 0.6 is 0 Å². The Morgan fingerprint density at radius 3 is 1.56 bits per heavy atom. The third-order valence-corrected chi connectivity index (χ3v) is 9.41. The van der Waals surface area contributed by atoms with Crippen molar-refractivity contribution >= 4 is 12.2 Å². The number of rotatable bonds is 9. The van der Waals surface area contributed by atoms with Crippen LogP contribution in [0.5, 0.6) is 0 Å². The molecule has 6 aromatic carbocycles. The molecular formula is C50H35N5. The third kappa shape index (κ3) is 7.39. The summed E-state index contributed by atoms with van der Waals surface area (Å²) >= 11 is 0. The number of allylic oxidation sites excluding steroid dienone is 1. The molecule has 55 heavy (non-hydrogen) atoms. The highest BCUT2D eigenvalue weighted by Crippen LogP contribution is 2.35. The second kappa shape index (κ2) is 15.6. The maximum atomic E-state index is 9.50. The highest BCUT2D eigenvalue weighted by molar-refractivity contribution is 5.84. The first-order valence-corrected chi connectivity index (χ1v) is 18.1. The molecule has 0 N–H and O–H groups in total. The van der Waals surface area contributed by atoms with Crippen molar-refractivity contribution in [3.8, 4) is 84.7 Å². The Labute approximate surface area is 321 Å². The lowest BCUT2D eigenvalue weighted by molar-refractivity contribution is 1.17. The van der Waals surface area contributed by atoms with Crippen LogP contribution < -0.4 is 0 Å². The molecule has 2 aromatic heterocycles. The molecule has 0 saturated carbocycles. The maximum absolute atomic E-state index is 9.50.